The molecule has 1 atom stereocenters. The van der Waals surface area contributed by atoms with Crippen LogP contribution in [0.4, 0.5) is 28.0 Å². The number of urea groups is 1. The number of aryl methyl sites for hydroxylation is 2. The lowest BCUT2D eigenvalue weighted by Crippen LogP contribution is -2.19. The Bertz CT molecular complexity index is 985. The summed E-state index contributed by atoms with van der Waals surface area (Å²) in [6, 6.07) is -0.873. The largest absolute Gasteiger partial charge is 0.394 e. The van der Waals surface area contributed by atoms with Gasteiger partial charge in [0.25, 0.3) is 0 Å². The summed E-state index contributed by atoms with van der Waals surface area (Å²) in [4.78, 5) is 16.5. The molecule has 0 fully saturated rings. The Balaban J connectivity index is 1.91. The van der Waals surface area contributed by atoms with Crippen LogP contribution in [-0.4, -0.2) is 27.0 Å². The van der Waals surface area contributed by atoms with E-state index in [4.69, 9.17) is 5.14 Å². The van der Waals surface area contributed by atoms with E-state index >= 15 is 0 Å². The molecule has 2 aromatic heterocycles. The third-order valence-electron chi connectivity index (χ3n) is 4.56. The molecule has 0 saturated heterocycles. The number of halogens is 4. The minimum atomic E-state index is -4.42. The topological polar surface area (TPSA) is 98.2 Å². The second kappa shape index (κ2) is 8.19. The van der Waals surface area contributed by atoms with Crippen LogP contribution in [0.5, 0.6) is 0 Å². The Labute approximate surface area is 166 Å². The minimum absolute atomic E-state index is 0.132. The molecule has 3 N–H and O–H groups in total. The molecular weight excluding hydrogens is 412 g/mol. The normalized spacial score (nSPS) is 14.9. The standard InChI is InChI=1S/C17H20F4N6OS/c1-3-27-8-11(18)15(25-27)29(22)26-16(28)24-14-9(2)13(7-17(19,20)21)23-12-6-4-5-10(12)14/h8H,3-7H2,1-2H3,(H3,22,23,24,26,28). The number of anilines is 1. The van der Waals surface area contributed by atoms with E-state index in [0.717, 1.165) is 12.6 Å². The molecule has 0 spiro atoms. The molecule has 12 heteroatoms. The molecule has 158 valence electrons. The van der Waals surface area contributed by atoms with Crippen molar-refractivity contribution in [3.05, 3.63) is 34.5 Å². The van der Waals surface area contributed by atoms with Crippen molar-refractivity contribution in [1.29, 1.82) is 0 Å². The number of carbonyl (C=O) groups is 1. The van der Waals surface area contributed by atoms with Crippen molar-refractivity contribution >= 4 is 22.6 Å². The monoisotopic (exact) mass is 432 g/mol. The van der Waals surface area contributed by atoms with Gasteiger partial charge in [-0.25, -0.2) is 9.18 Å². The van der Waals surface area contributed by atoms with Gasteiger partial charge in [-0.15, -0.1) is 4.36 Å². The van der Waals surface area contributed by atoms with E-state index in [-0.39, 0.29) is 22.0 Å². The molecular formula is C17H20F4N6OS. The smallest absolute Gasteiger partial charge is 0.305 e. The first-order chi connectivity index (χ1) is 13.6. The molecule has 0 aromatic carbocycles. The van der Waals surface area contributed by atoms with E-state index in [2.05, 4.69) is 19.8 Å². The molecule has 0 saturated carbocycles. The van der Waals surface area contributed by atoms with Crippen molar-refractivity contribution in [3.63, 3.8) is 0 Å². The zero-order chi connectivity index (χ0) is 21.3. The molecule has 2 amide bonds. The SMILES string of the molecule is CCn1cc(F)c(S(N)=NC(=O)Nc2c(C)c(CC(F)(F)F)nc3c2CCC3)n1. The molecule has 1 aliphatic carbocycles. The van der Waals surface area contributed by atoms with Gasteiger partial charge in [0.1, 0.15) is 0 Å². The van der Waals surface area contributed by atoms with Gasteiger partial charge in [-0.05, 0) is 44.2 Å². The summed E-state index contributed by atoms with van der Waals surface area (Å²) in [7, 11) is -1.65. The lowest BCUT2D eigenvalue weighted by atomic mass is 10.0. The van der Waals surface area contributed by atoms with Gasteiger partial charge in [0, 0.05) is 23.1 Å². The molecule has 0 aliphatic heterocycles. The summed E-state index contributed by atoms with van der Waals surface area (Å²) in [5.74, 6) is -0.678. The van der Waals surface area contributed by atoms with E-state index < -0.39 is 35.3 Å². The highest BCUT2D eigenvalue weighted by Crippen LogP contribution is 2.34. The number of nitrogens with one attached hydrogen (secondary N) is 1. The maximum atomic E-state index is 13.9. The summed E-state index contributed by atoms with van der Waals surface area (Å²) in [6.45, 7) is 3.66. The number of nitrogens with two attached hydrogens (primary N) is 1. The number of fused-ring (bicyclic) bond motifs is 1. The molecule has 0 radical (unpaired) electrons. The van der Waals surface area contributed by atoms with Gasteiger partial charge in [-0.2, -0.15) is 18.3 Å². The zero-order valence-electron chi connectivity index (χ0n) is 15.8. The van der Waals surface area contributed by atoms with E-state index in [9.17, 15) is 22.4 Å². The Morgan fingerprint density at radius 2 is 2.14 bits per heavy atom. The summed E-state index contributed by atoms with van der Waals surface area (Å²) < 4.78 is 57.6. The third-order valence-corrected chi connectivity index (χ3v) is 5.59. The van der Waals surface area contributed by atoms with Gasteiger partial charge in [-0.3, -0.25) is 14.8 Å². The van der Waals surface area contributed by atoms with Gasteiger partial charge in [-0.1, -0.05) is 0 Å². The number of rotatable bonds is 4. The van der Waals surface area contributed by atoms with Gasteiger partial charge >= 0.3 is 12.2 Å². The first kappa shape index (κ1) is 21.4. The van der Waals surface area contributed by atoms with Crippen LogP contribution >= 0.6 is 0 Å². The van der Waals surface area contributed by atoms with Crippen molar-refractivity contribution in [2.75, 3.05) is 5.32 Å². The summed E-state index contributed by atoms with van der Waals surface area (Å²) >= 11 is 0. The Kier molecular flexibility index (Phi) is 6.03. The number of alkyl halides is 3. The van der Waals surface area contributed by atoms with E-state index in [0.29, 0.717) is 30.6 Å². The quantitative estimate of drug-likeness (QED) is 0.721. The first-order valence-electron chi connectivity index (χ1n) is 8.91. The molecule has 2 aromatic rings. The number of hydrogen-bond acceptors (Lipinski definition) is 3. The Hall–Kier alpha value is -2.34. The van der Waals surface area contributed by atoms with Crippen LogP contribution in [0.3, 0.4) is 0 Å². The van der Waals surface area contributed by atoms with Gasteiger partial charge < -0.3 is 5.32 Å². The van der Waals surface area contributed by atoms with E-state index in [1.165, 1.54) is 11.6 Å². The van der Waals surface area contributed by atoms with Crippen molar-refractivity contribution in [3.8, 4) is 0 Å². The fourth-order valence-electron chi connectivity index (χ4n) is 3.21. The molecule has 0 bridgehead atoms. The summed E-state index contributed by atoms with van der Waals surface area (Å²) in [5, 5.41) is 12.1. The van der Waals surface area contributed by atoms with Crippen LogP contribution in [-0.2, 0) is 36.7 Å². The minimum Gasteiger partial charge on any atom is -0.305 e. The summed E-state index contributed by atoms with van der Waals surface area (Å²) in [6.07, 6.45) is -2.59. The predicted octanol–water partition coefficient (Wildman–Crippen LogP) is 3.61. The van der Waals surface area contributed by atoms with Gasteiger partial charge in [0.2, 0.25) is 0 Å². The van der Waals surface area contributed by atoms with Crippen LogP contribution in [0.2, 0.25) is 0 Å². The fraction of sp³-hybridized carbons (Fsp3) is 0.471. The second-order valence-electron chi connectivity index (χ2n) is 6.60. The lowest BCUT2D eigenvalue weighted by Gasteiger charge is -2.17. The lowest BCUT2D eigenvalue weighted by molar-refractivity contribution is -0.127. The third kappa shape index (κ3) is 4.81. The first-order valence-corrected chi connectivity index (χ1v) is 10.2. The number of carbonyl (C=O) groups excluding carboxylic acids is 1. The Morgan fingerprint density at radius 3 is 2.76 bits per heavy atom. The van der Waals surface area contributed by atoms with E-state index in [1.54, 1.807) is 6.92 Å². The molecule has 29 heavy (non-hydrogen) atoms. The molecule has 7 nitrogen and oxygen atoms in total. The van der Waals surface area contributed by atoms with Crippen LogP contribution in [0.1, 0.15) is 35.9 Å². The molecule has 2 heterocycles. The maximum Gasteiger partial charge on any atom is 0.394 e. The zero-order valence-corrected chi connectivity index (χ0v) is 16.6. The molecule has 3 rings (SSSR count). The summed E-state index contributed by atoms with van der Waals surface area (Å²) in [5.41, 5.74) is 1.63. The highest BCUT2D eigenvalue weighted by molar-refractivity contribution is 7.85. The number of pyridine rings is 1. The second-order valence-corrected chi connectivity index (χ2v) is 7.80. The van der Waals surface area contributed by atoms with Crippen LogP contribution in [0, 0.1) is 12.7 Å². The Morgan fingerprint density at radius 1 is 1.41 bits per heavy atom. The highest BCUT2D eigenvalue weighted by Gasteiger charge is 2.32. The van der Waals surface area contributed by atoms with Gasteiger partial charge in [0.05, 0.1) is 24.0 Å². The fourth-order valence-corrected chi connectivity index (χ4v) is 3.97. The van der Waals surface area contributed by atoms with Crippen molar-refractivity contribution in [2.24, 2.45) is 9.50 Å². The van der Waals surface area contributed by atoms with Crippen molar-refractivity contribution in [1.82, 2.24) is 14.8 Å². The van der Waals surface area contributed by atoms with E-state index in [1.807, 2.05) is 0 Å². The van der Waals surface area contributed by atoms with Crippen molar-refractivity contribution < 1.29 is 22.4 Å². The molecule has 1 aliphatic rings. The van der Waals surface area contributed by atoms with Gasteiger partial charge in [0.15, 0.2) is 10.8 Å². The van der Waals surface area contributed by atoms with Crippen LogP contribution < -0.4 is 10.5 Å². The van der Waals surface area contributed by atoms with Crippen molar-refractivity contribution in [2.45, 2.75) is 57.3 Å². The number of nitrogens with zero attached hydrogens (tertiary/aromatic N) is 4. The molecule has 1 unspecified atom stereocenters. The number of hydrogen-bond donors (Lipinski definition) is 2. The number of aromatic nitrogens is 3. The average molecular weight is 432 g/mol. The number of amides is 2. The predicted molar refractivity (Wildman–Crippen MR) is 99.9 cm³/mol. The van der Waals surface area contributed by atoms with Crippen LogP contribution in [0.25, 0.3) is 0 Å². The highest BCUT2D eigenvalue weighted by atomic mass is 32.2. The maximum absolute atomic E-state index is 13.9. The average Bonchev–Trinajstić information content (AvgIpc) is 3.23. The van der Waals surface area contributed by atoms with Crippen LogP contribution in [0.15, 0.2) is 15.6 Å².